The largest absolute Gasteiger partial charge is 0.353 e. The molecular weight excluding hydrogens is 226 g/mol. The molecule has 0 bridgehead atoms. The van der Waals surface area contributed by atoms with Crippen LogP contribution in [0.5, 0.6) is 0 Å². The molecule has 0 N–H and O–H groups in total. The SMILES string of the molecule is Clc1ncccc1CCOC1CCCCO1. The zero-order chi connectivity index (χ0) is 11.2. The fourth-order valence-electron chi connectivity index (χ4n) is 1.75. The quantitative estimate of drug-likeness (QED) is 0.760. The molecule has 1 aliphatic heterocycles. The van der Waals surface area contributed by atoms with Crippen LogP contribution >= 0.6 is 11.6 Å². The van der Waals surface area contributed by atoms with Gasteiger partial charge in [-0.3, -0.25) is 0 Å². The summed E-state index contributed by atoms with van der Waals surface area (Å²) < 4.78 is 11.1. The first kappa shape index (κ1) is 11.8. The molecule has 1 aliphatic rings. The molecule has 3 nitrogen and oxygen atoms in total. The van der Waals surface area contributed by atoms with Gasteiger partial charge in [-0.2, -0.15) is 0 Å². The zero-order valence-electron chi connectivity index (χ0n) is 9.19. The normalized spacial score (nSPS) is 20.9. The Balaban J connectivity index is 1.73. The molecule has 1 aromatic heterocycles. The lowest BCUT2D eigenvalue weighted by Gasteiger charge is -2.22. The summed E-state index contributed by atoms with van der Waals surface area (Å²) in [5, 5.41) is 0.565. The number of hydrogen-bond donors (Lipinski definition) is 0. The lowest BCUT2D eigenvalue weighted by Crippen LogP contribution is -2.23. The van der Waals surface area contributed by atoms with Crippen LogP contribution in [0.2, 0.25) is 5.15 Å². The van der Waals surface area contributed by atoms with E-state index in [4.69, 9.17) is 21.1 Å². The molecule has 0 saturated carbocycles. The highest BCUT2D eigenvalue weighted by atomic mass is 35.5. The maximum atomic E-state index is 5.95. The topological polar surface area (TPSA) is 31.4 Å². The zero-order valence-corrected chi connectivity index (χ0v) is 9.95. The van der Waals surface area contributed by atoms with Crippen LogP contribution in [0.3, 0.4) is 0 Å². The molecule has 0 aromatic carbocycles. The van der Waals surface area contributed by atoms with Gasteiger partial charge in [0.15, 0.2) is 6.29 Å². The van der Waals surface area contributed by atoms with Crippen molar-refractivity contribution in [3.05, 3.63) is 29.0 Å². The summed E-state index contributed by atoms with van der Waals surface area (Å²) in [6, 6.07) is 3.86. The molecule has 1 atom stereocenters. The van der Waals surface area contributed by atoms with Crippen molar-refractivity contribution in [2.75, 3.05) is 13.2 Å². The number of hydrogen-bond acceptors (Lipinski definition) is 3. The Hall–Kier alpha value is -0.640. The fraction of sp³-hybridized carbons (Fsp3) is 0.583. The first-order chi connectivity index (χ1) is 7.86. The summed E-state index contributed by atoms with van der Waals surface area (Å²) in [4.78, 5) is 4.02. The van der Waals surface area contributed by atoms with Crippen molar-refractivity contribution in [1.29, 1.82) is 0 Å². The molecule has 0 spiro atoms. The second-order valence-corrected chi connectivity index (χ2v) is 4.23. The van der Waals surface area contributed by atoms with Gasteiger partial charge in [0.25, 0.3) is 0 Å². The van der Waals surface area contributed by atoms with E-state index in [0.29, 0.717) is 11.8 Å². The summed E-state index contributed by atoms with van der Waals surface area (Å²) in [5.74, 6) is 0. The summed E-state index contributed by atoms with van der Waals surface area (Å²) in [6.07, 6.45) is 5.79. The fourth-order valence-corrected chi connectivity index (χ4v) is 1.96. The van der Waals surface area contributed by atoms with E-state index < -0.39 is 0 Å². The van der Waals surface area contributed by atoms with Crippen molar-refractivity contribution in [2.45, 2.75) is 32.0 Å². The first-order valence-corrected chi connectivity index (χ1v) is 6.06. The molecule has 1 saturated heterocycles. The predicted octanol–water partition coefficient (Wildman–Crippen LogP) is 2.82. The van der Waals surface area contributed by atoms with Gasteiger partial charge in [0, 0.05) is 12.8 Å². The van der Waals surface area contributed by atoms with Crippen molar-refractivity contribution in [3.63, 3.8) is 0 Å². The number of nitrogens with zero attached hydrogens (tertiary/aromatic N) is 1. The monoisotopic (exact) mass is 241 g/mol. The van der Waals surface area contributed by atoms with Crippen molar-refractivity contribution < 1.29 is 9.47 Å². The summed E-state index contributed by atoms with van der Waals surface area (Å²) >= 11 is 5.95. The standard InChI is InChI=1S/C12H16ClNO2/c13-12-10(4-3-7-14-12)6-9-16-11-5-1-2-8-15-11/h3-4,7,11H,1-2,5-6,8-9H2. The lowest BCUT2D eigenvalue weighted by atomic mass is 10.2. The van der Waals surface area contributed by atoms with Crippen molar-refractivity contribution in [2.24, 2.45) is 0 Å². The van der Waals surface area contributed by atoms with Gasteiger partial charge in [-0.25, -0.2) is 4.98 Å². The van der Waals surface area contributed by atoms with Crippen LogP contribution in [-0.4, -0.2) is 24.5 Å². The van der Waals surface area contributed by atoms with Crippen LogP contribution in [0.25, 0.3) is 0 Å². The van der Waals surface area contributed by atoms with E-state index in [1.807, 2.05) is 12.1 Å². The minimum Gasteiger partial charge on any atom is -0.353 e. The molecular formula is C12H16ClNO2. The van der Waals surface area contributed by atoms with E-state index >= 15 is 0 Å². The van der Waals surface area contributed by atoms with E-state index in [1.54, 1.807) is 6.20 Å². The molecule has 2 rings (SSSR count). The number of rotatable bonds is 4. The Bertz CT molecular complexity index is 327. The lowest BCUT2D eigenvalue weighted by molar-refractivity contribution is -0.161. The van der Waals surface area contributed by atoms with Gasteiger partial charge in [-0.05, 0) is 37.3 Å². The molecule has 88 valence electrons. The third-order valence-electron chi connectivity index (χ3n) is 2.65. The number of ether oxygens (including phenoxy) is 2. The minimum atomic E-state index is -0.0239. The second-order valence-electron chi connectivity index (χ2n) is 3.87. The molecule has 16 heavy (non-hydrogen) atoms. The van der Waals surface area contributed by atoms with Gasteiger partial charge in [-0.15, -0.1) is 0 Å². The third-order valence-corrected chi connectivity index (χ3v) is 2.99. The predicted molar refractivity (Wildman–Crippen MR) is 62.5 cm³/mol. The van der Waals surface area contributed by atoms with Gasteiger partial charge in [0.1, 0.15) is 5.15 Å². The van der Waals surface area contributed by atoms with E-state index in [0.717, 1.165) is 31.4 Å². The van der Waals surface area contributed by atoms with Crippen LogP contribution in [0.15, 0.2) is 18.3 Å². The molecule has 2 heterocycles. The van der Waals surface area contributed by atoms with Crippen molar-refractivity contribution in [1.82, 2.24) is 4.98 Å². The number of pyridine rings is 1. The minimum absolute atomic E-state index is 0.0239. The van der Waals surface area contributed by atoms with E-state index in [-0.39, 0.29) is 6.29 Å². The highest BCUT2D eigenvalue weighted by Gasteiger charge is 2.13. The van der Waals surface area contributed by atoms with Crippen LogP contribution in [0.4, 0.5) is 0 Å². The Labute approximate surface area is 101 Å². The van der Waals surface area contributed by atoms with E-state index in [9.17, 15) is 0 Å². The van der Waals surface area contributed by atoms with E-state index in [1.165, 1.54) is 6.42 Å². The third kappa shape index (κ3) is 3.44. The Kier molecular flexibility index (Phi) is 4.57. The number of aromatic nitrogens is 1. The summed E-state index contributed by atoms with van der Waals surface area (Å²) in [7, 11) is 0. The molecule has 1 aromatic rings. The Morgan fingerprint density at radius 3 is 3.19 bits per heavy atom. The molecule has 0 radical (unpaired) electrons. The van der Waals surface area contributed by atoms with Gasteiger partial charge >= 0.3 is 0 Å². The van der Waals surface area contributed by atoms with Gasteiger partial charge in [0.2, 0.25) is 0 Å². The summed E-state index contributed by atoms with van der Waals surface area (Å²) in [6.45, 7) is 1.45. The van der Waals surface area contributed by atoms with Crippen molar-refractivity contribution in [3.8, 4) is 0 Å². The Morgan fingerprint density at radius 1 is 1.50 bits per heavy atom. The first-order valence-electron chi connectivity index (χ1n) is 5.69. The highest BCUT2D eigenvalue weighted by molar-refractivity contribution is 6.30. The molecule has 1 unspecified atom stereocenters. The number of halogens is 1. The smallest absolute Gasteiger partial charge is 0.157 e. The van der Waals surface area contributed by atoms with Gasteiger partial charge in [-0.1, -0.05) is 17.7 Å². The molecule has 4 heteroatoms. The van der Waals surface area contributed by atoms with E-state index in [2.05, 4.69) is 4.98 Å². The van der Waals surface area contributed by atoms with Crippen LogP contribution in [0.1, 0.15) is 24.8 Å². The van der Waals surface area contributed by atoms with Crippen LogP contribution < -0.4 is 0 Å². The summed E-state index contributed by atoms with van der Waals surface area (Å²) in [5.41, 5.74) is 1.03. The average Bonchev–Trinajstić information content (AvgIpc) is 2.33. The average molecular weight is 242 g/mol. The maximum Gasteiger partial charge on any atom is 0.157 e. The van der Waals surface area contributed by atoms with Crippen LogP contribution in [0, 0.1) is 0 Å². The highest BCUT2D eigenvalue weighted by Crippen LogP contribution is 2.16. The molecule has 1 fully saturated rings. The van der Waals surface area contributed by atoms with Crippen LogP contribution in [-0.2, 0) is 15.9 Å². The van der Waals surface area contributed by atoms with Gasteiger partial charge < -0.3 is 9.47 Å². The molecule has 0 amide bonds. The van der Waals surface area contributed by atoms with Gasteiger partial charge in [0.05, 0.1) is 6.61 Å². The second kappa shape index (κ2) is 6.18. The van der Waals surface area contributed by atoms with Crippen molar-refractivity contribution >= 4 is 11.6 Å². The maximum absolute atomic E-state index is 5.95. The molecule has 0 aliphatic carbocycles. The Morgan fingerprint density at radius 2 is 2.44 bits per heavy atom.